The summed E-state index contributed by atoms with van der Waals surface area (Å²) in [6, 6.07) is 7.85. The Morgan fingerprint density at radius 2 is 2.00 bits per heavy atom. The first-order valence-corrected chi connectivity index (χ1v) is 8.69. The first-order chi connectivity index (χ1) is 11.6. The topological polar surface area (TPSA) is 63.1 Å². The highest BCUT2D eigenvalue weighted by atomic mass is 16.5. The molecule has 3 rings (SSSR count). The minimum Gasteiger partial charge on any atom is -0.370 e. The van der Waals surface area contributed by atoms with Gasteiger partial charge in [-0.1, -0.05) is 17.7 Å². The van der Waals surface area contributed by atoms with E-state index in [2.05, 4.69) is 5.32 Å². The summed E-state index contributed by atoms with van der Waals surface area (Å²) in [7, 11) is 0. The Kier molecular flexibility index (Phi) is 5.48. The molecule has 6 nitrogen and oxygen atoms in total. The van der Waals surface area contributed by atoms with Crippen molar-refractivity contribution >= 4 is 17.5 Å². The van der Waals surface area contributed by atoms with Gasteiger partial charge in [0.05, 0.1) is 32.2 Å². The number of aryl methyl sites for hydroxylation is 1. The molecule has 0 bridgehead atoms. The second-order valence-corrected chi connectivity index (χ2v) is 6.64. The Hall–Kier alpha value is -1.92. The lowest BCUT2D eigenvalue weighted by atomic mass is 10.1. The minimum atomic E-state index is -0.251. The molecular formula is C18H26N3O3+. The average Bonchev–Trinajstić information content (AvgIpc) is 2.98. The van der Waals surface area contributed by atoms with Crippen molar-refractivity contribution < 1.29 is 19.2 Å². The molecule has 1 aromatic carbocycles. The Morgan fingerprint density at radius 1 is 1.29 bits per heavy atom. The molecule has 0 spiro atoms. The van der Waals surface area contributed by atoms with Crippen LogP contribution in [0.3, 0.4) is 0 Å². The number of ether oxygens (including phenoxy) is 1. The van der Waals surface area contributed by atoms with Crippen molar-refractivity contribution in [3.05, 3.63) is 29.8 Å². The van der Waals surface area contributed by atoms with Gasteiger partial charge < -0.3 is 19.9 Å². The Balaban J connectivity index is 1.47. The van der Waals surface area contributed by atoms with Crippen LogP contribution in [0.25, 0.3) is 0 Å². The molecular weight excluding hydrogens is 306 g/mol. The molecule has 1 aromatic rings. The summed E-state index contributed by atoms with van der Waals surface area (Å²) >= 11 is 0. The van der Waals surface area contributed by atoms with Gasteiger partial charge in [-0.2, -0.15) is 0 Å². The number of hydrogen-bond donors (Lipinski definition) is 2. The zero-order valence-electron chi connectivity index (χ0n) is 14.2. The van der Waals surface area contributed by atoms with Crippen molar-refractivity contribution in [2.75, 3.05) is 50.8 Å². The van der Waals surface area contributed by atoms with Crippen LogP contribution in [0.1, 0.15) is 12.0 Å². The summed E-state index contributed by atoms with van der Waals surface area (Å²) in [4.78, 5) is 27.7. The maximum absolute atomic E-state index is 12.3. The second kappa shape index (κ2) is 7.77. The zero-order chi connectivity index (χ0) is 16.9. The van der Waals surface area contributed by atoms with Crippen molar-refractivity contribution in [1.82, 2.24) is 5.32 Å². The number of carbonyl (C=O) groups excluding carboxylic acids is 2. The van der Waals surface area contributed by atoms with E-state index in [1.807, 2.05) is 31.2 Å². The largest absolute Gasteiger partial charge is 0.370 e. The third-order valence-electron chi connectivity index (χ3n) is 4.82. The molecule has 2 heterocycles. The number of nitrogens with one attached hydrogen (secondary N) is 2. The Labute approximate surface area is 142 Å². The number of carbonyl (C=O) groups is 2. The molecule has 2 aliphatic heterocycles. The predicted octanol–water partition coefficient (Wildman–Crippen LogP) is -0.621. The number of morpholine rings is 1. The van der Waals surface area contributed by atoms with Crippen molar-refractivity contribution in [2.24, 2.45) is 5.92 Å². The average molecular weight is 332 g/mol. The zero-order valence-corrected chi connectivity index (χ0v) is 14.2. The van der Waals surface area contributed by atoms with Gasteiger partial charge in [0.1, 0.15) is 13.1 Å². The van der Waals surface area contributed by atoms with E-state index in [0.717, 1.165) is 44.1 Å². The maximum atomic E-state index is 12.3. The van der Waals surface area contributed by atoms with Gasteiger partial charge in [0, 0.05) is 18.7 Å². The summed E-state index contributed by atoms with van der Waals surface area (Å²) < 4.78 is 5.33. The number of quaternary nitrogens is 1. The monoisotopic (exact) mass is 332 g/mol. The van der Waals surface area contributed by atoms with E-state index in [0.29, 0.717) is 19.5 Å². The molecule has 2 aliphatic rings. The van der Waals surface area contributed by atoms with Crippen LogP contribution in [0, 0.1) is 12.8 Å². The SMILES string of the molecule is Cc1ccc(N2C[C@H](C(=O)NCC[NH+]3CCOCC3)CC2=O)cc1. The summed E-state index contributed by atoms with van der Waals surface area (Å²) in [5, 5.41) is 2.99. The fraction of sp³-hybridized carbons (Fsp3) is 0.556. The van der Waals surface area contributed by atoms with Crippen molar-refractivity contribution in [2.45, 2.75) is 13.3 Å². The number of amides is 2. The van der Waals surface area contributed by atoms with Crippen LogP contribution in [0.4, 0.5) is 5.69 Å². The number of hydrogen-bond acceptors (Lipinski definition) is 3. The molecule has 6 heteroatoms. The van der Waals surface area contributed by atoms with E-state index >= 15 is 0 Å². The molecule has 2 saturated heterocycles. The first kappa shape index (κ1) is 16.9. The number of anilines is 1. The van der Waals surface area contributed by atoms with E-state index in [1.54, 1.807) is 4.90 Å². The summed E-state index contributed by atoms with van der Waals surface area (Å²) in [5.41, 5.74) is 2.03. The third-order valence-corrected chi connectivity index (χ3v) is 4.82. The molecule has 0 saturated carbocycles. The number of nitrogens with zero attached hydrogens (tertiary/aromatic N) is 1. The highest BCUT2D eigenvalue weighted by molar-refractivity contribution is 6.00. The Bertz CT molecular complexity index is 582. The van der Waals surface area contributed by atoms with Crippen molar-refractivity contribution in [1.29, 1.82) is 0 Å². The molecule has 2 N–H and O–H groups in total. The van der Waals surface area contributed by atoms with Crippen molar-refractivity contribution in [3.8, 4) is 0 Å². The van der Waals surface area contributed by atoms with Gasteiger partial charge in [0.15, 0.2) is 0 Å². The van der Waals surface area contributed by atoms with Crippen LogP contribution in [0.5, 0.6) is 0 Å². The smallest absolute Gasteiger partial charge is 0.227 e. The normalized spacial score (nSPS) is 22.0. The lowest BCUT2D eigenvalue weighted by Crippen LogP contribution is -3.14. The molecule has 130 valence electrons. The maximum Gasteiger partial charge on any atom is 0.227 e. The van der Waals surface area contributed by atoms with Crippen LogP contribution in [-0.4, -0.2) is 57.8 Å². The summed E-state index contributed by atoms with van der Waals surface area (Å²) in [6.45, 7) is 7.65. The number of rotatable bonds is 5. The molecule has 0 aromatic heterocycles. The van der Waals surface area contributed by atoms with E-state index < -0.39 is 0 Å². The molecule has 0 unspecified atom stereocenters. The van der Waals surface area contributed by atoms with Gasteiger partial charge in [-0.05, 0) is 19.1 Å². The van der Waals surface area contributed by atoms with Gasteiger partial charge in [0.25, 0.3) is 0 Å². The third kappa shape index (κ3) is 4.13. The molecule has 2 amide bonds. The quantitative estimate of drug-likeness (QED) is 0.755. The number of benzene rings is 1. The van der Waals surface area contributed by atoms with Crippen LogP contribution in [0.2, 0.25) is 0 Å². The van der Waals surface area contributed by atoms with Gasteiger partial charge in [-0.15, -0.1) is 0 Å². The summed E-state index contributed by atoms with van der Waals surface area (Å²) in [6.07, 6.45) is 0.296. The molecule has 0 aliphatic carbocycles. The Morgan fingerprint density at radius 3 is 2.71 bits per heavy atom. The molecule has 2 fully saturated rings. The standard InChI is InChI=1S/C18H25N3O3/c1-14-2-4-16(5-3-14)21-13-15(12-17(21)22)18(23)19-6-7-20-8-10-24-11-9-20/h2-5,15H,6-13H2,1H3,(H,19,23)/p+1/t15-/m1/s1. The van der Waals surface area contributed by atoms with E-state index in [-0.39, 0.29) is 17.7 Å². The lowest BCUT2D eigenvalue weighted by molar-refractivity contribution is -0.906. The second-order valence-electron chi connectivity index (χ2n) is 6.64. The van der Waals surface area contributed by atoms with Gasteiger partial charge >= 0.3 is 0 Å². The lowest BCUT2D eigenvalue weighted by Gasteiger charge is -2.24. The van der Waals surface area contributed by atoms with E-state index in [9.17, 15) is 9.59 Å². The first-order valence-electron chi connectivity index (χ1n) is 8.69. The van der Waals surface area contributed by atoms with Gasteiger partial charge in [-0.3, -0.25) is 9.59 Å². The summed E-state index contributed by atoms with van der Waals surface area (Å²) in [5.74, 6) is -0.234. The minimum absolute atomic E-state index is 0.00868. The van der Waals surface area contributed by atoms with Crippen LogP contribution in [0.15, 0.2) is 24.3 Å². The molecule has 0 radical (unpaired) electrons. The fourth-order valence-electron chi connectivity index (χ4n) is 3.27. The van der Waals surface area contributed by atoms with Crippen LogP contribution < -0.4 is 15.1 Å². The highest BCUT2D eigenvalue weighted by Crippen LogP contribution is 2.25. The fourth-order valence-corrected chi connectivity index (χ4v) is 3.27. The van der Waals surface area contributed by atoms with E-state index in [1.165, 1.54) is 4.90 Å². The van der Waals surface area contributed by atoms with Crippen LogP contribution >= 0.6 is 0 Å². The van der Waals surface area contributed by atoms with E-state index in [4.69, 9.17) is 4.74 Å². The van der Waals surface area contributed by atoms with Gasteiger partial charge in [0.2, 0.25) is 11.8 Å². The predicted molar refractivity (Wildman–Crippen MR) is 91.0 cm³/mol. The van der Waals surface area contributed by atoms with Gasteiger partial charge in [-0.25, -0.2) is 0 Å². The highest BCUT2D eigenvalue weighted by Gasteiger charge is 2.35. The van der Waals surface area contributed by atoms with Crippen molar-refractivity contribution in [3.63, 3.8) is 0 Å². The van der Waals surface area contributed by atoms with Crippen LogP contribution in [-0.2, 0) is 14.3 Å². The molecule has 1 atom stereocenters. The molecule has 24 heavy (non-hydrogen) atoms.